The quantitative estimate of drug-likeness (QED) is 0.192. The van der Waals surface area contributed by atoms with Gasteiger partial charge in [0.1, 0.15) is 5.54 Å². The van der Waals surface area contributed by atoms with Crippen LogP contribution >= 0.6 is 0 Å². The summed E-state index contributed by atoms with van der Waals surface area (Å²) in [6.07, 6.45) is 21.1. The van der Waals surface area contributed by atoms with Gasteiger partial charge in [-0.3, -0.25) is 0 Å². The van der Waals surface area contributed by atoms with Gasteiger partial charge in [-0.1, -0.05) is 91.4 Å². The van der Waals surface area contributed by atoms with E-state index in [0.29, 0.717) is 11.8 Å². The van der Waals surface area contributed by atoms with Crippen LogP contribution in [0.25, 0.3) is 0 Å². The van der Waals surface area contributed by atoms with E-state index in [2.05, 4.69) is 40.5 Å². The van der Waals surface area contributed by atoms with Crippen LogP contribution in [0.15, 0.2) is 10.2 Å². The molecule has 150 valence electrons. The number of unbranched alkanes of at least 4 members (excludes halogenated alkanes) is 5. The Morgan fingerprint density at radius 2 is 1.73 bits per heavy atom. The minimum absolute atomic E-state index is 0.284. The van der Waals surface area contributed by atoms with Gasteiger partial charge in [-0.25, -0.2) is 0 Å². The van der Waals surface area contributed by atoms with Gasteiger partial charge < -0.3 is 0 Å². The first kappa shape index (κ1) is 23.2. The maximum Gasteiger partial charge on any atom is 0.141 e. The van der Waals surface area contributed by atoms with Crippen molar-refractivity contribution in [3.05, 3.63) is 0 Å². The van der Waals surface area contributed by atoms with Gasteiger partial charge in [-0.05, 0) is 43.9 Å². The van der Waals surface area contributed by atoms with Crippen molar-refractivity contribution < 1.29 is 0 Å². The number of terminal acetylenes is 1. The van der Waals surface area contributed by atoms with Crippen molar-refractivity contribution in [1.29, 1.82) is 0 Å². The van der Waals surface area contributed by atoms with Crippen molar-refractivity contribution in [3.8, 4) is 12.3 Å². The molecule has 0 heterocycles. The number of azo groups is 1. The second-order valence-corrected chi connectivity index (χ2v) is 8.75. The fourth-order valence-corrected chi connectivity index (χ4v) is 4.53. The molecule has 26 heavy (non-hydrogen) atoms. The van der Waals surface area contributed by atoms with E-state index >= 15 is 0 Å². The maximum absolute atomic E-state index is 5.98. The minimum Gasteiger partial charge on any atom is -0.189 e. The maximum atomic E-state index is 5.98. The number of nitrogens with zero attached hydrogens (tertiary/aromatic N) is 2. The summed E-state index contributed by atoms with van der Waals surface area (Å²) in [6, 6.07) is 0.284. The van der Waals surface area contributed by atoms with Gasteiger partial charge in [-0.2, -0.15) is 10.2 Å². The standard InChI is InChI=1S/C24H44N2/c1-7-11-12-13-14-15-16-23-19-24(10-4,18-17-20(23)5)26-25-21(6)22(8-2)9-3/h4,20-23H,7-9,11-19H2,1-3,5-6H3. The number of hydrogen-bond acceptors (Lipinski definition) is 2. The Labute approximate surface area is 164 Å². The summed E-state index contributed by atoms with van der Waals surface area (Å²) in [5.74, 6) is 5.17. The van der Waals surface area contributed by atoms with Crippen LogP contribution in [0.3, 0.4) is 0 Å². The third-order valence-corrected chi connectivity index (χ3v) is 6.78. The highest BCUT2D eigenvalue weighted by Gasteiger charge is 2.38. The van der Waals surface area contributed by atoms with Gasteiger partial charge in [0.15, 0.2) is 0 Å². The first-order valence-electron chi connectivity index (χ1n) is 11.4. The van der Waals surface area contributed by atoms with Crippen LogP contribution in [-0.2, 0) is 0 Å². The molecule has 4 atom stereocenters. The Balaban J connectivity index is 2.59. The molecule has 0 amide bonds. The molecule has 2 heteroatoms. The van der Waals surface area contributed by atoms with Gasteiger partial charge >= 0.3 is 0 Å². The summed E-state index contributed by atoms with van der Waals surface area (Å²) in [6.45, 7) is 11.4. The number of hydrogen-bond donors (Lipinski definition) is 0. The molecular formula is C24H44N2. The van der Waals surface area contributed by atoms with Gasteiger partial charge in [-0.15, -0.1) is 6.42 Å². The fourth-order valence-electron chi connectivity index (χ4n) is 4.53. The van der Waals surface area contributed by atoms with Crippen LogP contribution in [0.4, 0.5) is 0 Å². The van der Waals surface area contributed by atoms with E-state index in [4.69, 9.17) is 16.7 Å². The van der Waals surface area contributed by atoms with E-state index in [0.717, 1.165) is 31.6 Å². The molecule has 1 rings (SSSR count). The molecule has 0 aromatic heterocycles. The van der Waals surface area contributed by atoms with E-state index < -0.39 is 0 Å². The van der Waals surface area contributed by atoms with Crippen molar-refractivity contribution in [2.45, 2.75) is 123 Å². The van der Waals surface area contributed by atoms with Crippen molar-refractivity contribution in [2.75, 3.05) is 0 Å². The topological polar surface area (TPSA) is 24.7 Å². The predicted molar refractivity (Wildman–Crippen MR) is 114 cm³/mol. The van der Waals surface area contributed by atoms with E-state index in [1.165, 1.54) is 51.4 Å². The highest BCUT2D eigenvalue weighted by Crippen LogP contribution is 2.41. The van der Waals surface area contributed by atoms with Crippen molar-refractivity contribution in [2.24, 2.45) is 28.0 Å². The smallest absolute Gasteiger partial charge is 0.141 e. The lowest BCUT2D eigenvalue weighted by Crippen LogP contribution is -2.36. The zero-order valence-corrected chi connectivity index (χ0v) is 18.3. The zero-order valence-electron chi connectivity index (χ0n) is 18.3. The molecule has 1 aliphatic carbocycles. The summed E-state index contributed by atoms with van der Waals surface area (Å²) in [7, 11) is 0. The lowest BCUT2D eigenvalue weighted by Gasteiger charge is -2.38. The summed E-state index contributed by atoms with van der Waals surface area (Å²) in [5.41, 5.74) is -0.334. The van der Waals surface area contributed by atoms with Crippen LogP contribution in [0.1, 0.15) is 112 Å². The van der Waals surface area contributed by atoms with Crippen molar-refractivity contribution >= 4 is 0 Å². The molecule has 0 aromatic rings. The molecule has 0 radical (unpaired) electrons. The van der Waals surface area contributed by atoms with E-state index in [-0.39, 0.29) is 11.6 Å². The SMILES string of the molecule is C#CC1(N=NC(C)C(CC)CC)CCC(C)C(CCCCCCCC)C1. The average Bonchev–Trinajstić information content (AvgIpc) is 2.66. The highest BCUT2D eigenvalue weighted by molar-refractivity contribution is 5.15. The molecule has 0 aromatic carbocycles. The second-order valence-electron chi connectivity index (χ2n) is 8.75. The largest absolute Gasteiger partial charge is 0.189 e. The van der Waals surface area contributed by atoms with Gasteiger partial charge in [0.25, 0.3) is 0 Å². The molecule has 1 aliphatic rings. The molecule has 0 bridgehead atoms. The van der Waals surface area contributed by atoms with E-state index in [1.807, 2.05) is 0 Å². The minimum atomic E-state index is -0.334. The molecule has 1 fully saturated rings. The van der Waals surface area contributed by atoms with Gasteiger partial charge in [0, 0.05) is 0 Å². The van der Waals surface area contributed by atoms with E-state index in [1.54, 1.807) is 0 Å². The first-order valence-corrected chi connectivity index (χ1v) is 11.4. The molecule has 0 saturated heterocycles. The molecule has 0 spiro atoms. The molecule has 0 aliphatic heterocycles. The fraction of sp³-hybridized carbons (Fsp3) is 0.917. The third-order valence-electron chi connectivity index (χ3n) is 6.78. The predicted octanol–water partition coefficient (Wildman–Crippen LogP) is 7.82. The Morgan fingerprint density at radius 3 is 2.35 bits per heavy atom. The van der Waals surface area contributed by atoms with Crippen LogP contribution < -0.4 is 0 Å². The lowest BCUT2D eigenvalue weighted by molar-refractivity contribution is 0.179. The summed E-state index contributed by atoms with van der Waals surface area (Å²) >= 11 is 0. The molecule has 2 nitrogen and oxygen atoms in total. The van der Waals surface area contributed by atoms with Crippen LogP contribution in [0.2, 0.25) is 0 Å². The Bertz CT molecular complexity index is 432. The molecule has 4 unspecified atom stereocenters. The molecular weight excluding hydrogens is 316 g/mol. The van der Waals surface area contributed by atoms with E-state index in [9.17, 15) is 0 Å². The summed E-state index contributed by atoms with van der Waals surface area (Å²) < 4.78 is 0. The van der Waals surface area contributed by atoms with Crippen LogP contribution in [-0.4, -0.2) is 11.6 Å². The van der Waals surface area contributed by atoms with Crippen molar-refractivity contribution in [1.82, 2.24) is 0 Å². The van der Waals surface area contributed by atoms with Crippen LogP contribution in [0.5, 0.6) is 0 Å². The highest BCUT2D eigenvalue weighted by atomic mass is 15.2. The second kappa shape index (κ2) is 12.5. The average molecular weight is 361 g/mol. The molecule has 1 saturated carbocycles. The normalized spacial score (nSPS) is 27.7. The molecule has 0 N–H and O–H groups in total. The summed E-state index contributed by atoms with van der Waals surface area (Å²) in [5, 5.41) is 9.50. The Morgan fingerprint density at radius 1 is 1.08 bits per heavy atom. The lowest BCUT2D eigenvalue weighted by atomic mass is 9.69. The van der Waals surface area contributed by atoms with Crippen molar-refractivity contribution in [3.63, 3.8) is 0 Å². The Hall–Kier alpha value is -0.840. The monoisotopic (exact) mass is 360 g/mol. The van der Waals surface area contributed by atoms with Gasteiger partial charge in [0.2, 0.25) is 0 Å². The third kappa shape index (κ3) is 7.42. The zero-order chi connectivity index (χ0) is 19.4. The number of rotatable bonds is 12. The van der Waals surface area contributed by atoms with Crippen LogP contribution in [0, 0.1) is 30.1 Å². The summed E-state index contributed by atoms with van der Waals surface area (Å²) in [4.78, 5) is 0. The van der Waals surface area contributed by atoms with Gasteiger partial charge in [0.05, 0.1) is 6.04 Å². The first-order chi connectivity index (χ1) is 12.5. The Kier molecular flexibility index (Phi) is 11.2.